The maximum Gasteiger partial charge on any atom is 0.320 e. The van der Waals surface area contributed by atoms with E-state index in [0.29, 0.717) is 5.92 Å². The molecular weight excluding hydrogens is 290 g/mol. The van der Waals surface area contributed by atoms with E-state index >= 15 is 0 Å². The molecule has 1 aromatic heterocycles. The molecule has 0 N–H and O–H groups in total. The van der Waals surface area contributed by atoms with Crippen molar-refractivity contribution >= 4 is 6.03 Å². The standard InChI is InChI=1S/C17H29N5O/c1-19(2)12-13-20-11-7-18-16(20)15-6-5-10-22(14-15)17(23)21-8-3-4-9-21/h7,11,15H,3-6,8-10,12-14H2,1-2H3/t15-/m0/s1. The van der Waals surface area contributed by atoms with Crippen LogP contribution in [0.4, 0.5) is 4.79 Å². The lowest BCUT2D eigenvalue weighted by atomic mass is 9.97. The third-order valence-corrected chi connectivity index (χ3v) is 4.97. The van der Waals surface area contributed by atoms with Crippen molar-refractivity contribution in [1.29, 1.82) is 0 Å². The van der Waals surface area contributed by atoms with Gasteiger partial charge in [0.2, 0.25) is 0 Å². The zero-order valence-corrected chi connectivity index (χ0v) is 14.4. The Labute approximate surface area is 139 Å². The summed E-state index contributed by atoms with van der Waals surface area (Å²) in [6, 6.07) is 0.235. The second-order valence-electron chi connectivity index (χ2n) is 7.04. The van der Waals surface area contributed by atoms with Crippen molar-refractivity contribution in [1.82, 2.24) is 24.3 Å². The molecule has 0 bridgehead atoms. The van der Waals surface area contributed by atoms with Crippen molar-refractivity contribution in [2.75, 3.05) is 46.8 Å². The van der Waals surface area contributed by atoms with Gasteiger partial charge in [0.25, 0.3) is 0 Å². The fraction of sp³-hybridized carbons (Fsp3) is 0.765. The Kier molecular flexibility index (Phi) is 5.20. The van der Waals surface area contributed by atoms with Crippen molar-refractivity contribution < 1.29 is 4.79 Å². The number of likely N-dealkylation sites (tertiary alicyclic amines) is 2. The van der Waals surface area contributed by atoms with Gasteiger partial charge < -0.3 is 19.3 Å². The van der Waals surface area contributed by atoms with E-state index in [1.54, 1.807) is 0 Å². The third kappa shape index (κ3) is 3.86. The SMILES string of the molecule is CN(C)CCn1ccnc1[C@H]1CCCN(C(=O)N2CCCC2)C1. The molecule has 6 heteroatoms. The summed E-state index contributed by atoms with van der Waals surface area (Å²) >= 11 is 0. The monoisotopic (exact) mass is 319 g/mol. The van der Waals surface area contributed by atoms with Crippen molar-refractivity contribution in [2.45, 2.75) is 38.1 Å². The van der Waals surface area contributed by atoms with E-state index in [1.807, 2.05) is 16.0 Å². The van der Waals surface area contributed by atoms with Crippen LogP contribution in [0.5, 0.6) is 0 Å². The molecule has 2 amide bonds. The molecule has 0 saturated carbocycles. The molecule has 6 nitrogen and oxygen atoms in total. The fourth-order valence-electron chi connectivity index (χ4n) is 3.65. The number of nitrogens with zero attached hydrogens (tertiary/aromatic N) is 5. The number of piperidine rings is 1. The second kappa shape index (κ2) is 7.34. The number of carbonyl (C=O) groups is 1. The van der Waals surface area contributed by atoms with E-state index in [4.69, 9.17) is 0 Å². The Morgan fingerprint density at radius 2 is 1.96 bits per heavy atom. The summed E-state index contributed by atoms with van der Waals surface area (Å²) in [6.07, 6.45) is 8.47. The molecule has 1 atom stereocenters. The molecule has 128 valence electrons. The van der Waals surface area contributed by atoms with Gasteiger partial charge >= 0.3 is 6.03 Å². The summed E-state index contributed by atoms with van der Waals surface area (Å²) in [6.45, 7) is 5.53. The minimum atomic E-state index is 0.235. The number of carbonyl (C=O) groups excluding carboxylic acids is 1. The Bertz CT molecular complexity index is 521. The molecule has 2 fully saturated rings. The van der Waals surface area contributed by atoms with E-state index in [9.17, 15) is 4.79 Å². The molecular formula is C17H29N5O. The van der Waals surface area contributed by atoms with E-state index in [0.717, 1.165) is 70.8 Å². The number of likely N-dealkylation sites (N-methyl/N-ethyl adjacent to an activating group) is 1. The first kappa shape index (κ1) is 16.3. The quantitative estimate of drug-likeness (QED) is 0.850. The zero-order valence-electron chi connectivity index (χ0n) is 14.4. The molecule has 2 saturated heterocycles. The van der Waals surface area contributed by atoms with Crippen molar-refractivity contribution in [3.63, 3.8) is 0 Å². The summed E-state index contributed by atoms with van der Waals surface area (Å²) in [5, 5.41) is 0. The van der Waals surface area contributed by atoms with Gasteiger partial charge in [-0.3, -0.25) is 0 Å². The Balaban J connectivity index is 1.64. The first-order chi connectivity index (χ1) is 11.1. The van der Waals surface area contributed by atoms with Gasteiger partial charge in [0, 0.05) is 57.6 Å². The van der Waals surface area contributed by atoms with E-state index in [2.05, 4.69) is 34.7 Å². The fourth-order valence-corrected chi connectivity index (χ4v) is 3.65. The Morgan fingerprint density at radius 3 is 2.70 bits per heavy atom. The molecule has 0 aromatic carbocycles. The molecule has 2 aliphatic heterocycles. The number of hydrogen-bond donors (Lipinski definition) is 0. The van der Waals surface area contributed by atoms with Crippen molar-refractivity contribution in [2.24, 2.45) is 0 Å². The first-order valence-electron chi connectivity index (χ1n) is 8.85. The van der Waals surface area contributed by atoms with Gasteiger partial charge in [0.15, 0.2) is 0 Å². The van der Waals surface area contributed by atoms with Crippen LogP contribution >= 0.6 is 0 Å². The van der Waals surface area contributed by atoms with Crippen molar-refractivity contribution in [3.8, 4) is 0 Å². The average Bonchev–Trinajstić information content (AvgIpc) is 3.23. The summed E-state index contributed by atoms with van der Waals surface area (Å²) in [4.78, 5) is 23.5. The minimum Gasteiger partial charge on any atom is -0.333 e. The third-order valence-electron chi connectivity index (χ3n) is 4.97. The zero-order chi connectivity index (χ0) is 16.2. The second-order valence-corrected chi connectivity index (χ2v) is 7.04. The van der Waals surface area contributed by atoms with Crippen LogP contribution in [-0.2, 0) is 6.54 Å². The molecule has 0 unspecified atom stereocenters. The van der Waals surface area contributed by atoms with E-state index < -0.39 is 0 Å². The van der Waals surface area contributed by atoms with Crippen LogP contribution in [0.25, 0.3) is 0 Å². The van der Waals surface area contributed by atoms with Gasteiger partial charge in [-0.15, -0.1) is 0 Å². The maximum atomic E-state index is 12.6. The van der Waals surface area contributed by atoms with Crippen LogP contribution in [0.15, 0.2) is 12.4 Å². The molecule has 0 radical (unpaired) electrons. The number of rotatable bonds is 4. The smallest absolute Gasteiger partial charge is 0.320 e. The number of amides is 2. The van der Waals surface area contributed by atoms with Crippen LogP contribution in [0.2, 0.25) is 0 Å². The van der Waals surface area contributed by atoms with Crippen LogP contribution < -0.4 is 0 Å². The number of hydrogen-bond acceptors (Lipinski definition) is 3. The topological polar surface area (TPSA) is 44.6 Å². The molecule has 0 aliphatic carbocycles. The summed E-state index contributed by atoms with van der Waals surface area (Å²) in [7, 11) is 4.18. The number of aromatic nitrogens is 2. The minimum absolute atomic E-state index is 0.235. The number of urea groups is 1. The van der Waals surface area contributed by atoms with E-state index in [1.165, 1.54) is 0 Å². The molecule has 3 rings (SSSR count). The first-order valence-corrected chi connectivity index (χ1v) is 8.85. The van der Waals surface area contributed by atoms with Crippen molar-refractivity contribution in [3.05, 3.63) is 18.2 Å². The number of imidazole rings is 1. The van der Waals surface area contributed by atoms with Gasteiger partial charge in [-0.25, -0.2) is 9.78 Å². The van der Waals surface area contributed by atoms with Gasteiger partial charge in [-0.2, -0.15) is 0 Å². The highest BCUT2D eigenvalue weighted by Crippen LogP contribution is 2.27. The summed E-state index contributed by atoms with van der Waals surface area (Å²) in [5.41, 5.74) is 0. The predicted molar refractivity (Wildman–Crippen MR) is 90.5 cm³/mol. The van der Waals surface area contributed by atoms with E-state index in [-0.39, 0.29) is 6.03 Å². The molecule has 2 aliphatic rings. The van der Waals surface area contributed by atoms with Crippen LogP contribution in [0.3, 0.4) is 0 Å². The maximum absolute atomic E-state index is 12.6. The summed E-state index contributed by atoms with van der Waals surface area (Å²) in [5.74, 6) is 1.51. The lowest BCUT2D eigenvalue weighted by molar-refractivity contribution is 0.145. The Hall–Kier alpha value is -1.56. The Morgan fingerprint density at radius 1 is 1.22 bits per heavy atom. The highest BCUT2D eigenvalue weighted by atomic mass is 16.2. The highest BCUT2D eigenvalue weighted by Gasteiger charge is 2.30. The normalized spacial score (nSPS) is 22.1. The predicted octanol–water partition coefficient (Wildman–Crippen LogP) is 1.84. The average molecular weight is 319 g/mol. The van der Waals surface area contributed by atoms with Crippen LogP contribution in [0.1, 0.15) is 37.4 Å². The van der Waals surface area contributed by atoms with Gasteiger partial charge in [-0.1, -0.05) is 0 Å². The molecule has 0 spiro atoms. The lowest BCUT2D eigenvalue weighted by Gasteiger charge is -2.35. The summed E-state index contributed by atoms with van der Waals surface area (Å²) < 4.78 is 2.26. The lowest BCUT2D eigenvalue weighted by Crippen LogP contribution is -2.46. The molecule has 23 heavy (non-hydrogen) atoms. The largest absolute Gasteiger partial charge is 0.333 e. The van der Waals surface area contributed by atoms with Crippen LogP contribution in [0, 0.1) is 0 Å². The highest BCUT2D eigenvalue weighted by molar-refractivity contribution is 5.74. The van der Waals surface area contributed by atoms with Gasteiger partial charge in [-0.05, 0) is 39.8 Å². The molecule has 1 aromatic rings. The van der Waals surface area contributed by atoms with Crippen LogP contribution in [-0.4, -0.2) is 77.1 Å². The van der Waals surface area contributed by atoms with Gasteiger partial charge in [0.05, 0.1) is 0 Å². The van der Waals surface area contributed by atoms with Gasteiger partial charge in [0.1, 0.15) is 5.82 Å². The molecule has 3 heterocycles.